The lowest BCUT2D eigenvalue weighted by molar-refractivity contribution is -0.113. The number of rotatable bonds is 5. The Kier molecular flexibility index (Phi) is 4.43. The summed E-state index contributed by atoms with van der Waals surface area (Å²) in [7, 11) is 0. The second-order valence-corrected chi connectivity index (χ2v) is 6.58. The van der Waals surface area contributed by atoms with Gasteiger partial charge in [-0.2, -0.15) is 0 Å². The van der Waals surface area contributed by atoms with Crippen LogP contribution in [0.3, 0.4) is 0 Å². The number of hydrogen-bond acceptors (Lipinski definition) is 4. The van der Waals surface area contributed by atoms with Gasteiger partial charge in [0.05, 0.1) is 11.4 Å². The summed E-state index contributed by atoms with van der Waals surface area (Å²) in [4.78, 5) is 15.3. The number of amides is 1. The number of carbonyl (C=O) groups is 1. The third kappa shape index (κ3) is 3.59. The van der Waals surface area contributed by atoms with Crippen LogP contribution in [0.4, 0.5) is 5.69 Å². The highest BCUT2D eigenvalue weighted by atomic mass is 32.2. The Bertz CT molecular complexity index is 831. The van der Waals surface area contributed by atoms with Crippen LogP contribution < -0.4 is 5.32 Å². The van der Waals surface area contributed by atoms with Crippen molar-refractivity contribution >= 4 is 34.3 Å². The van der Waals surface area contributed by atoms with Crippen molar-refractivity contribution in [2.75, 3.05) is 11.1 Å². The number of thioether (sulfide) groups is 1. The van der Waals surface area contributed by atoms with Crippen LogP contribution >= 0.6 is 11.8 Å². The normalized spacial score (nSPS) is 11.1. The number of anilines is 1. The molecule has 0 saturated heterocycles. The van der Waals surface area contributed by atoms with Gasteiger partial charge in [0, 0.05) is 33.6 Å². The van der Waals surface area contributed by atoms with Crippen LogP contribution in [0.1, 0.15) is 22.7 Å². The summed E-state index contributed by atoms with van der Waals surface area (Å²) in [6.07, 6.45) is 0. The topological polar surface area (TPSA) is 70.9 Å². The van der Waals surface area contributed by atoms with Crippen LogP contribution in [0.2, 0.25) is 0 Å². The van der Waals surface area contributed by atoms with E-state index in [1.54, 1.807) is 11.8 Å². The fourth-order valence-electron chi connectivity index (χ4n) is 2.51. The van der Waals surface area contributed by atoms with E-state index < -0.39 is 0 Å². The summed E-state index contributed by atoms with van der Waals surface area (Å²) < 4.78 is 5.12. The minimum atomic E-state index is -0.00614. The number of benzene rings is 1. The first kappa shape index (κ1) is 15.7. The first-order valence-corrected chi connectivity index (χ1v) is 8.57. The van der Waals surface area contributed by atoms with Crippen LogP contribution in [0.25, 0.3) is 10.9 Å². The monoisotopic (exact) mass is 329 g/mol. The molecule has 0 aliphatic heterocycles. The zero-order valence-corrected chi connectivity index (χ0v) is 14.2. The zero-order chi connectivity index (χ0) is 16.4. The molecule has 0 aliphatic rings. The molecule has 120 valence electrons. The van der Waals surface area contributed by atoms with Gasteiger partial charge in [-0.1, -0.05) is 5.16 Å². The van der Waals surface area contributed by atoms with E-state index in [-0.39, 0.29) is 5.91 Å². The Labute approximate surface area is 138 Å². The Morgan fingerprint density at radius 2 is 2.13 bits per heavy atom. The number of nitrogens with zero attached hydrogens (tertiary/aromatic N) is 1. The number of hydrogen-bond donors (Lipinski definition) is 2. The zero-order valence-electron chi connectivity index (χ0n) is 13.4. The molecule has 0 saturated carbocycles. The van der Waals surface area contributed by atoms with Gasteiger partial charge in [0.1, 0.15) is 5.76 Å². The molecular formula is C17H19N3O2S. The van der Waals surface area contributed by atoms with Gasteiger partial charge in [-0.3, -0.25) is 4.79 Å². The molecule has 5 nitrogen and oxygen atoms in total. The Hall–Kier alpha value is -2.21. The first-order chi connectivity index (χ1) is 11.0. The minimum absolute atomic E-state index is 0.00614. The third-order valence-corrected chi connectivity index (χ3v) is 4.66. The second-order valence-electron chi connectivity index (χ2n) is 5.60. The maximum Gasteiger partial charge on any atom is 0.234 e. The lowest BCUT2D eigenvalue weighted by Crippen LogP contribution is -2.14. The van der Waals surface area contributed by atoms with Gasteiger partial charge in [-0.15, -0.1) is 11.8 Å². The number of aryl methyl sites for hydroxylation is 3. The van der Waals surface area contributed by atoms with Gasteiger partial charge in [0.25, 0.3) is 0 Å². The lowest BCUT2D eigenvalue weighted by Gasteiger charge is -2.05. The maximum atomic E-state index is 12.1. The quantitative estimate of drug-likeness (QED) is 0.743. The molecule has 1 amide bonds. The largest absolute Gasteiger partial charge is 0.361 e. The summed E-state index contributed by atoms with van der Waals surface area (Å²) in [5.41, 5.74) is 4.97. The summed E-state index contributed by atoms with van der Waals surface area (Å²) >= 11 is 1.56. The Morgan fingerprint density at radius 1 is 1.30 bits per heavy atom. The van der Waals surface area contributed by atoms with E-state index in [9.17, 15) is 4.79 Å². The van der Waals surface area contributed by atoms with Crippen molar-refractivity contribution in [3.63, 3.8) is 0 Å². The van der Waals surface area contributed by atoms with Crippen LogP contribution in [0, 0.1) is 20.8 Å². The van der Waals surface area contributed by atoms with Gasteiger partial charge in [0.2, 0.25) is 5.91 Å². The fourth-order valence-corrected chi connectivity index (χ4v) is 3.48. The predicted molar refractivity (Wildman–Crippen MR) is 93.8 cm³/mol. The Balaban J connectivity index is 1.56. The third-order valence-electron chi connectivity index (χ3n) is 3.70. The number of H-pyrrole nitrogens is 1. The maximum absolute atomic E-state index is 12.1. The van der Waals surface area contributed by atoms with E-state index in [0.29, 0.717) is 5.75 Å². The van der Waals surface area contributed by atoms with Crippen LogP contribution in [-0.4, -0.2) is 21.8 Å². The predicted octanol–water partition coefficient (Wildman–Crippen LogP) is 3.95. The standard InChI is InChI=1S/C17H19N3O2S/c1-10-6-13-7-14(4-5-16(13)18-10)19-17(21)9-23-8-15-11(2)20-22-12(15)3/h4-7,18H,8-9H2,1-3H3,(H,19,21). The highest BCUT2D eigenvalue weighted by Crippen LogP contribution is 2.21. The average Bonchev–Trinajstić information content (AvgIpc) is 3.02. The van der Waals surface area contributed by atoms with E-state index in [1.165, 1.54) is 0 Å². The molecular weight excluding hydrogens is 310 g/mol. The molecule has 0 bridgehead atoms. The fraction of sp³-hybridized carbons (Fsp3) is 0.294. The summed E-state index contributed by atoms with van der Waals surface area (Å²) in [6, 6.07) is 7.94. The van der Waals surface area contributed by atoms with Crippen LogP contribution in [-0.2, 0) is 10.5 Å². The molecule has 1 aromatic carbocycles. The molecule has 0 aliphatic carbocycles. The van der Waals surface area contributed by atoms with Crippen molar-refractivity contribution < 1.29 is 9.32 Å². The summed E-state index contributed by atoms with van der Waals surface area (Å²) in [6.45, 7) is 5.83. The highest BCUT2D eigenvalue weighted by Gasteiger charge is 2.10. The van der Waals surface area contributed by atoms with Gasteiger partial charge in [0.15, 0.2) is 0 Å². The molecule has 2 aromatic heterocycles. The van der Waals surface area contributed by atoms with Gasteiger partial charge >= 0.3 is 0 Å². The number of aromatic amines is 1. The second kappa shape index (κ2) is 6.50. The van der Waals surface area contributed by atoms with Crippen molar-refractivity contribution in [1.29, 1.82) is 0 Å². The van der Waals surface area contributed by atoms with Gasteiger partial charge < -0.3 is 14.8 Å². The van der Waals surface area contributed by atoms with E-state index in [4.69, 9.17) is 4.52 Å². The lowest BCUT2D eigenvalue weighted by atomic mass is 10.2. The van der Waals surface area contributed by atoms with Crippen molar-refractivity contribution in [3.8, 4) is 0 Å². The first-order valence-electron chi connectivity index (χ1n) is 7.41. The molecule has 0 spiro atoms. The molecule has 3 rings (SSSR count). The number of nitrogens with one attached hydrogen (secondary N) is 2. The smallest absolute Gasteiger partial charge is 0.234 e. The number of carbonyl (C=O) groups excluding carboxylic acids is 1. The van der Waals surface area contributed by atoms with Crippen molar-refractivity contribution in [2.45, 2.75) is 26.5 Å². The van der Waals surface area contributed by atoms with Gasteiger partial charge in [-0.25, -0.2) is 0 Å². The molecule has 0 radical (unpaired) electrons. The van der Waals surface area contributed by atoms with Crippen LogP contribution in [0.5, 0.6) is 0 Å². The molecule has 23 heavy (non-hydrogen) atoms. The van der Waals surface area contributed by atoms with E-state index in [2.05, 4.69) is 21.5 Å². The summed E-state index contributed by atoms with van der Waals surface area (Å²) in [5.74, 6) is 1.94. The van der Waals surface area contributed by atoms with Crippen molar-refractivity contribution in [1.82, 2.24) is 10.1 Å². The van der Waals surface area contributed by atoms with E-state index >= 15 is 0 Å². The molecule has 2 heterocycles. The van der Waals surface area contributed by atoms with Crippen molar-refractivity contribution in [3.05, 3.63) is 47.0 Å². The molecule has 2 N–H and O–H groups in total. The average molecular weight is 329 g/mol. The van der Waals surface area contributed by atoms with Gasteiger partial charge in [-0.05, 0) is 45.0 Å². The number of aromatic nitrogens is 2. The minimum Gasteiger partial charge on any atom is -0.361 e. The molecule has 0 atom stereocenters. The SMILES string of the molecule is Cc1cc2cc(NC(=O)CSCc3c(C)noc3C)ccc2[nH]1. The highest BCUT2D eigenvalue weighted by molar-refractivity contribution is 7.99. The van der Waals surface area contributed by atoms with E-state index in [0.717, 1.165) is 45.1 Å². The van der Waals surface area contributed by atoms with Crippen molar-refractivity contribution in [2.24, 2.45) is 0 Å². The molecule has 3 aromatic rings. The Morgan fingerprint density at radius 3 is 2.87 bits per heavy atom. The van der Waals surface area contributed by atoms with E-state index in [1.807, 2.05) is 39.0 Å². The summed E-state index contributed by atoms with van der Waals surface area (Å²) in [5, 5.41) is 7.96. The molecule has 0 unspecified atom stereocenters. The molecule has 6 heteroatoms. The van der Waals surface area contributed by atoms with Crippen LogP contribution in [0.15, 0.2) is 28.8 Å². The molecule has 0 fully saturated rings. The number of fused-ring (bicyclic) bond motifs is 1.